The van der Waals surface area contributed by atoms with Crippen molar-refractivity contribution in [2.24, 2.45) is 4.99 Å². The van der Waals surface area contributed by atoms with E-state index in [-0.39, 0.29) is 30.9 Å². The zero-order valence-corrected chi connectivity index (χ0v) is 22.6. The van der Waals surface area contributed by atoms with Gasteiger partial charge in [0, 0.05) is 31.2 Å². The Hall–Kier alpha value is -3.74. The van der Waals surface area contributed by atoms with E-state index in [9.17, 15) is 14.9 Å². The number of nitrogens with one attached hydrogen (secondary N) is 2. The zero-order chi connectivity index (χ0) is 27.2. The molecule has 0 radical (unpaired) electrons. The summed E-state index contributed by atoms with van der Waals surface area (Å²) in [6, 6.07) is 12.0. The molecule has 2 aromatic carbocycles. The van der Waals surface area contributed by atoms with E-state index in [2.05, 4.69) is 15.6 Å². The second-order valence-corrected chi connectivity index (χ2v) is 9.97. The number of fused-ring (bicyclic) bond motifs is 1. The van der Waals surface area contributed by atoms with Crippen LogP contribution >= 0.6 is 23.2 Å². The van der Waals surface area contributed by atoms with Crippen LogP contribution in [0.25, 0.3) is 11.0 Å². The number of hydrogen-bond donors (Lipinski definition) is 2. The molecule has 198 valence electrons. The SMILES string of the molecule is Cc1cc2cc(NC(=N[C@H]3CCCCN(CC(=O)N(C)Cc4cccc(Cl)c4Cl)C3=O)NC#N)ccc2o1. The minimum Gasteiger partial charge on any atom is -0.461 e. The van der Waals surface area contributed by atoms with E-state index in [1.165, 1.54) is 9.80 Å². The molecular weight excluding hydrogens is 527 g/mol. The van der Waals surface area contributed by atoms with Gasteiger partial charge in [0.15, 0.2) is 6.19 Å². The van der Waals surface area contributed by atoms with Gasteiger partial charge in [0.05, 0.1) is 16.6 Å². The number of furan rings is 1. The summed E-state index contributed by atoms with van der Waals surface area (Å²) in [5, 5.41) is 16.6. The molecule has 2 heterocycles. The number of amides is 2. The van der Waals surface area contributed by atoms with Crippen LogP contribution in [0.5, 0.6) is 0 Å². The average molecular weight is 555 g/mol. The van der Waals surface area contributed by atoms with Gasteiger partial charge in [-0.25, -0.2) is 4.99 Å². The minimum atomic E-state index is -0.735. The van der Waals surface area contributed by atoms with Crippen molar-refractivity contribution in [3.63, 3.8) is 0 Å². The molecule has 9 nitrogen and oxygen atoms in total. The Morgan fingerprint density at radius 1 is 1.26 bits per heavy atom. The third-order valence-corrected chi connectivity index (χ3v) is 7.16. The molecule has 3 aromatic rings. The van der Waals surface area contributed by atoms with Crippen molar-refractivity contribution in [3.05, 3.63) is 63.8 Å². The average Bonchev–Trinajstić information content (AvgIpc) is 3.17. The first-order valence-corrected chi connectivity index (χ1v) is 13.0. The maximum atomic E-state index is 13.4. The summed E-state index contributed by atoms with van der Waals surface area (Å²) in [5.41, 5.74) is 2.16. The van der Waals surface area contributed by atoms with Crippen LogP contribution in [0.15, 0.2) is 51.9 Å². The first-order valence-electron chi connectivity index (χ1n) is 12.2. The number of aliphatic imine (C=N–C) groups is 1. The highest BCUT2D eigenvalue weighted by Gasteiger charge is 2.29. The van der Waals surface area contributed by atoms with Crippen LogP contribution in [0.2, 0.25) is 10.0 Å². The number of nitrogens with zero attached hydrogens (tertiary/aromatic N) is 4. The van der Waals surface area contributed by atoms with Gasteiger partial charge in [0.2, 0.25) is 17.8 Å². The van der Waals surface area contributed by atoms with Gasteiger partial charge in [-0.3, -0.25) is 14.9 Å². The Balaban J connectivity index is 1.46. The molecule has 1 fully saturated rings. The number of carbonyl (C=O) groups is 2. The Labute approximate surface area is 231 Å². The van der Waals surface area contributed by atoms with Gasteiger partial charge in [0.1, 0.15) is 17.4 Å². The van der Waals surface area contributed by atoms with Crippen LogP contribution in [-0.4, -0.2) is 53.8 Å². The number of aryl methyl sites for hydroxylation is 1. The first-order chi connectivity index (χ1) is 18.2. The number of guanidine groups is 1. The number of halogens is 2. The third-order valence-electron chi connectivity index (χ3n) is 6.30. The Kier molecular flexibility index (Phi) is 8.77. The first kappa shape index (κ1) is 27.3. The summed E-state index contributed by atoms with van der Waals surface area (Å²) < 4.78 is 5.61. The minimum absolute atomic E-state index is 0.0789. The fourth-order valence-corrected chi connectivity index (χ4v) is 4.73. The fourth-order valence-electron chi connectivity index (χ4n) is 4.35. The van der Waals surface area contributed by atoms with Crippen LogP contribution in [0.3, 0.4) is 0 Å². The smallest absolute Gasteiger partial charge is 0.247 e. The number of carbonyl (C=O) groups excluding carboxylic acids is 2. The molecule has 4 rings (SSSR count). The summed E-state index contributed by atoms with van der Waals surface area (Å²) in [6.07, 6.45) is 3.89. The summed E-state index contributed by atoms with van der Waals surface area (Å²) in [7, 11) is 1.66. The zero-order valence-electron chi connectivity index (χ0n) is 21.1. The highest BCUT2D eigenvalue weighted by atomic mass is 35.5. The quantitative estimate of drug-likeness (QED) is 0.193. The molecule has 1 atom stereocenters. The molecule has 2 N–H and O–H groups in total. The Bertz CT molecular complexity index is 1410. The highest BCUT2D eigenvalue weighted by molar-refractivity contribution is 6.42. The molecule has 0 bridgehead atoms. The molecule has 1 saturated heterocycles. The monoisotopic (exact) mass is 554 g/mol. The lowest BCUT2D eigenvalue weighted by Gasteiger charge is -2.26. The normalized spacial score (nSPS) is 16.2. The molecule has 2 amide bonds. The lowest BCUT2D eigenvalue weighted by atomic mass is 10.1. The van der Waals surface area contributed by atoms with Crippen molar-refractivity contribution in [1.82, 2.24) is 15.1 Å². The maximum Gasteiger partial charge on any atom is 0.247 e. The van der Waals surface area contributed by atoms with Crippen LogP contribution in [-0.2, 0) is 16.1 Å². The lowest BCUT2D eigenvalue weighted by Crippen LogP contribution is -2.45. The van der Waals surface area contributed by atoms with Gasteiger partial charge < -0.3 is 19.5 Å². The van der Waals surface area contributed by atoms with Crippen LogP contribution in [0.4, 0.5) is 5.69 Å². The molecule has 1 aliphatic heterocycles. The summed E-state index contributed by atoms with van der Waals surface area (Å²) >= 11 is 12.4. The van der Waals surface area contributed by atoms with Gasteiger partial charge in [-0.15, -0.1) is 0 Å². The molecule has 0 spiro atoms. The standard InChI is InChI=1S/C27H28Cl2N6O3/c1-17-12-19-13-20(9-10-23(19)38-17)32-27(31-16-30)33-22-8-3-4-11-35(26(22)37)15-24(36)34(2)14-18-6-5-7-21(28)25(18)29/h5-7,9-10,12-13,22H,3-4,8,11,14-15H2,1-2H3,(H2,31,32,33)/t22-/m0/s1. The van der Waals surface area contributed by atoms with Crippen molar-refractivity contribution in [1.29, 1.82) is 5.26 Å². The maximum absolute atomic E-state index is 13.4. The fraction of sp³-hybridized carbons (Fsp3) is 0.333. The molecule has 1 aliphatic rings. The van der Waals surface area contributed by atoms with Crippen LogP contribution in [0, 0.1) is 18.4 Å². The van der Waals surface area contributed by atoms with Gasteiger partial charge >= 0.3 is 0 Å². The highest BCUT2D eigenvalue weighted by Crippen LogP contribution is 2.26. The predicted molar refractivity (Wildman–Crippen MR) is 148 cm³/mol. The van der Waals surface area contributed by atoms with Crippen molar-refractivity contribution in [2.75, 3.05) is 25.5 Å². The second-order valence-electron chi connectivity index (χ2n) is 9.18. The summed E-state index contributed by atoms with van der Waals surface area (Å²) in [4.78, 5) is 34.0. The molecular formula is C27H28Cl2N6O3. The number of likely N-dealkylation sites (tertiary alicyclic amines) is 1. The predicted octanol–water partition coefficient (Wildman–Crippen LogP) is 4.93. The van der Waals surface area contributed by atoms with E-state index >= 15 is 0 Å². The largest absolute Gasteiger partial charge is 0.461 e. The number of anilines is 1. The van der Waals surface area contributed by atoms with Crippen molar-refractivity contribution < 1.29 is 14.0 Å². The number of nitriles is 1. The van der Waals surface area contributed by atoms with Crippen molar-refractivity contribution in [3.8, 4) is 6.19 Å². The molecule has 38 heavy (non-hydrogen) atoms. The summed E-state index contributed by atoms with van der Waals surface area (Å²) in [5.74, 6) is 0.466. The van der Waals surface area contributed by atoms with Gasteiger partial charge in [0.25, 0.3) is 0 Å². The number of benzene rings is 2. The summed E-state index contributed by atoms with van der Waals surface area (Å²) in [6.45, 7) is 2.51. The van der Waals surface area contributed by atoms with E-state index in [0.717, 1.165) is 35.1 Å². The van der Waals surface area contributed by atoms with Crippen LogP contribution < -0.4 is 10.6 Å². The van der Waals surface area contributed by atoms with E-state index in [1.807, 2.05) is 43.4 Å². The van der Waals surface area contributed by atoms with E-state index in [1.54, 1.807) is 19.2 Å². The van der Waals surface area contributed by atoms with Gasteiger partial charge in [-0.05, 0) is 62.1 Å². The molecule has 0 aliphatic carbocycles. The van der Waals surface area contributed by atoms with E-state index < -0.39 is 6.04 Å². The molecule has 11 heteroatoms. The van der Waals surface area contributed by atoms with E-state index in [4.69, 9.17) is 27.6 Å². The number of likely N-dealkylation sites (N-methyl/N-ethyl adjacent to an activating group) is 1. The van der Waals surface area contributed by atoms with Gasteiger partial charge in [-0.2, -0.15) is 5.26 Å². The van der Waals surface area contributed by atoms with Crippen molar-refractivity contribution in [2.45, 2.75) is 38.8 Å². The lowest BCUT2D eigenvalue weighted by molar-refractivity contribution is -0.140. The van der Waals surface area contributed by atoms with E-state index in [0.29, 0.717) is 28.7 Å². The van der Waals surface area contributed by atoms with Crippen LogP contribution in [0.1, 0.15) is 30.6 Å². The van der Waals surface area contributed by atoms with Crippen molar-refractivity contribution >= 4 is 57.6 Å². The topological polar surface area (TPSA) is 114 Å². The Morgan fingerprint density at radius 2 is 2.08 bits per heavy atom. The molecule has 1 aromatic heterocycles. The molecule has 0 saturated carbocycles. The van der Waals surface area contributed by atoms with Gasteiger partial charge in [-0.1, -0.05) is 35.3 Å². The third kappa shape index (κ3) is 6.57. The Morgan fingerprint density at radius 3 is 2.87 bits per heavy atom. The second kappa shape index (κ2) is 12.2. The number of rotatable bonds is 6. The number of hydrogen-bond acceptors (Lipinski definition) is 5. The molecule has 0 unspecified atom stereocenters.